The number of unbranched alkanes of at least 4 members (excludes halogenated alkanes) is 3. The van der Waals surface area contributed by atoms with Gasteiger partial charge in [-0.1, -0.05) is 32.8 Å². The number of benzene rings is 1. The largest absolute Gasteiger partial charge is 0.330 e. The molecule has 0 aliphatic rings. The maximum atomic E-state index is 12.0. The predicted molar refractivity (Wildman–Crippen MR) is 103 cm³/mol. The fourth-order valence-corrected chi connectivity index (χ4v) is 2.12. The number of nitrogens with two attached hydrogens (primary N) is 1. The Hall–Kier alpha value is -1.59. The van der Waals surface area contributed by atoms with E-state index in [1.165, 1.54) is 0 Å². The van der Waals surface area contributed by atoms with Gasteiger partial charge in [-0.2, -0.15) is 0 Å². The molecule has 24 heavy (non-hydrogen) atoms. The number of amides is 2. The highest BCUT2D eigenvalue weighted by molar-refractivity contribution is 5.95. The van der Waals surface area contributed by atoms with Crippen molar-refractivity contribution in [3.63, 3.8) is 0 Å². The number of hydrogen-bond donors (Lipinski definition) is 3. The Balaban J connectivity index is 0.00000529. The van der Waals surface area contributed by atoms with Gasteiger partial charge in [0.25, 0.3) is 0 Å². The molecule has 5 nitrogen and oxygen atoms in total. The second-order valence-electron chi connectivity index (χ2n) is 6.17. The van der Waals surface area contributed by atoms with Gasteiger partial charge in [-0.15, -0.1) is 12.4 Å². The fraction of sp³-hybridized carbons (Fsp3) is 0.556. The predicted octanol–water partition coefficient (Wildman–Crippen LogP) is 3.86. The standard InChI is InChI=1S/C18H29N3O2.ClH/c1-13(2)18(23)20-15-10-9-14(3)16(12-15)21-17(22)8-6-4-5-7-11-19;/h9-10,12-13H,4-8,11,19H2,1-3H3,(H,20,23)(H,21,22);1H. The van der Waals surface area contributed by atoms with Crippen LogP contribution in [0.1, 0.15) is 51.5 Å². The van der Waals surface area contributed by atoms with E-state index < -0.39 is 0 Å². The Kier molecular flexibility index (Phi) is 11.1. The first-order valence-electron chi connectivity index (χ1n) is 8.35. The molecular formula is C18H30ClN3O2. The Morgan fingerprint density at radius 2 is 1.75 bits per heavy atom. The topological polar surface area (TPSA) is 84.2 Å². The van der Waals surface area contributed by atoms with E-state index in [-0.39, 0.29) is 30.1 Å². The van der Waals surface area contributed by atoms with Gasteiger partial charge in [0, 0.05) is 23.7 Å². The van der Waals surface area contributed by atoms with Gasteiger partial charge in [-0.25, -0.2) is 0 Å². The molecule has 136 valence electrons. The maximum absolute atomic E-state index is 12.0. The third kappa shape index (κ3) is 8.31. The van der Waals surface area contributed by atoms with Crippen LogP contribution in [0.3, 0.4) is 0 Å². The first-order chi connectivity index (χ1) is 10.9. The zero-order valence-electron chi connectivity index (χ0n) is 14.9. The zero-order chi connectivity index (χ0) is 17.2. The molecule has 6 heteroatoms. The molecule has 0 bridgehead atoms. The number of carbonyl (C=O) groups excluding carboxylic acids is 2. The molecule has 0 spiro atoms. The van der Waals surface area contributed by atoms with E-state index in [4.69, 9.17) is 5.73 Å². The average molecular weight is 356 g/mol. The molecule has 0 saturated heterocycles. The van der Waals surface area contributed by atoms with Crippen LogP contribution in [-0.4, -0.2) is 18.4 Å². The van der Waals surface area contributed by atoms with Gasteiger partial charge >= 0.3 is 0 Å². The van der Waals surface area contributed by atoms with Crippen LogP contribution in [0.5, 0.6) is 0 Å². The summed E-state index contributed by atoms with van der Waals surface area (Å²) in [5, 5.41) is 5.78. The van der Waals surface area contributed by atoms with Crippen LogP contribution >= 0.6 is 12.4 Å². The molecule has 0 saturated carbocycles. The van der Waals surface area contributed by atoms with E-state index in [0.29, 0.717) is 18.7 Å². The Morgan fingerprint density at radius 3 is 2.38 bits per heavy atom. The summed E-state index contributed by atoms with van der Waals surface area (Å²) in [7, 11) is 0. The molecule has 4 N–H and O–H groups in total. The monoisotopic (exact) mass is 355 g/mol. The third-order valence-corrected chi connectivity index (χ3v) is 3.66. The summed E-state index contributed by atoms with van der Waals surface area (Å²) in [4.78, 5) is 23.8. The lowest BCUT2D eigenvalue weighted by Gasteiger charge is -2.12. The summed E-state index contributed by atoms with van der Waals surface area (Å²) in [5.74, 6) is -0.109. The van der Waals surface area contributed by atoms with Crippen molar-refractivity contribution in [2.45, 2.75) is 52.9 Å². The molecule has 0 aliphatic carbocycles. The molecule has 1 aromatic rings. The van der Waals surface area contributed by atoms with Crippen LogP contribution in [0.25, 0.3) is 0 Å². The van der Waals surface area contributed by atoms with E-state index in [1.54, 1.807) is 0 Å². The summed E-state index contributed by atoms with van der Waals surface area (Å²) >= 11 is 0. The van der Waals surface area contributed by atoms with E-state index in [1.807, 2.05) is 39.0 Å². The van der Waals surface area contributed by atoms with Crippen molar-refractivity contribution in [2.24, 2.45) is 11.7 Å². The first kappa shape index (κ1) is 22.4. The van der Waals surface area contributed by atoms with Gasteiger partial charge in [-0.3, -0.25) is 9.59 Å². The number of anilines is 2. The van der Waals surface area contributed by atoms with E-state index >= 15 is 0 Å². The van der Waals surface area contributed by atoms with Gasteiger partial charge in [0.15, 0.2) is 0 Å². The summed E-state index contributed by atoms with van der Waals surface area (Å²) < 4.78 is 0. The lowest BCUT2D eigenvalue weighted by Crippen LogP contribution is -2.18. The van der Waals surface area contributed by atoms with Crippen molar-refractivity contribution < 1.29 is 9.59 Å². The van der Waals surface area contributed by atoms with Crippen LogP contribution in [0, 0.1) is 12.8 Å². The van der Waals surface area contributed by atoms with E-state index in [0.717, 1.165) is 36.9 Å². The van der Waals surface area contributed by atoms with Crippen LogP contribution < -0.4 is 16.4 Å². The van der Waals surface area contributed by atoms with Crippen molar-refractivity contribution in [1.82, 2.24) is 0 Å². The number of carbonyl (C=O) groups is 2. The normalized spacial score (nSPS) is 10.2. The summed E-state index contributed by atoms with van der Waals surface area (Å²) in [6, 6.07) is 5.55. The highest BCUT2D eigenvalue weighted by Crippen LogP contribution is 2.21. The number of halogens is 1. The quantitative estimate of drug-likeness (QED) is 0.588. The summed E-state index contributed by atoms with van der Waals surface area (Å²) in [6.07, 6.45) is 4.48. The molecule has 0 atom stereocenters. The lowest BCUT2D eigenvalue weighted by molar-refractivity contribution is -0.119. The molecule has 1 aromatic carbocycles. The van der Waals surface area contributed by atoms with Crippen LogP contribution in [0.2, 0.25) is 0 Å². The van der Waals surface area contributed by atoms with Crippen molar-refractivity contribution in [3.05, 3.63) is 23.8 Å². The van der Waals surface area contributed by atoms with Gasteiger partial charge in [-0.05, 0) is 44.0 Å². The van der Waals surface area contributed by atoms with E-state index in [9.17, 15) is 9.59 Å². The maximum Gasteiger partial charge on any atom is 0.226 e. The molecule has 0 aromatic heterocycles. The van der Waals surface area contributed by atoms with Gasteiger partial charge in [0.05, 0.1) is 0 Å². The van der Waals surface area contributed by atoms with Crippen molar-refractivity contribution in [2.75, 3.05) is 17.2 Å². The van der Waals surface area contributed by atoms with Crippen LogP contribution in [-0.2, 0) is 9.59 Å². The minimum atomic E-state index is -0.0807. The third-order valence-electron chi connectivity index (χ3n) is 3.66. The Bertz CT molecular complexity index is 533. The second kappa shape index (κ2) is 11.9. The molecule has 0 aliphatic heterocycles. The van der Waals surface area contributed by atoms with Gasteiger partial charge in [0.1, 0.15) is 0 Å². The molecular weight excluding hydrogens is 326 g/mol. The minimum absolute atomic E-state index is 0. The zero-order valence-corrected chi connectivity index (χ0v) is 15.7. The van der Waals surface area contributed by atoms with Gasteiger partial charge < -0.3 is 16.4 Å². The number of hydrogen-bond acceptors (Lipinski definition) is 3. The van der Waals surface area contributed by atoms with Crippen LogP contribution in [0.15, 0.2) is 18.2 Å². The SMILES string of the molecule is Cc1ccc(NC(=O)C(C)C)cc1NC(=O)CCCCCCN.Cl. The second-order valence-corrected chi connectivity index (χ2v) is 6.17. The molecule has 1 rings (SSSR count). The molecule has 0 radical (unpaired) electrons. The molecule has 0 fully saturated rings. The smallest absolute Gasteiger partial charge is 0.226 e. The number of rotatable bonds is 9. The van der Waals surface area contributed by atoms with Crippen molar-refractivity contribution >= 4 is 35.6 Å². The highest BCUT2D eigenvalue weighted by Gasteiger charge is 2.10. The summed E-state index contributed by atoms with van der Waals surface area (Å²) in [5.41, 5.74) is 7.87. The molecule has 2 amide bonds. The molecule has 0 heterocycles. The lowest BCUT2D eigenvalue weighted by atomic mass is 10.1. The number of nitrogens with one attached hydrogen (secondary N) is 2. The average Bonchev–Trinajstić information content (AvgIpc) is 2.50. The highest BCUT2D eigenvalue weighted by atomic mass is 35.5. The van der Waals surface area contributed by atoms with Crippen molar-refractivity contribution in [1.29, 1.82) is 0 Å². The first-order valence-corrected chi connectivity index (χ1v) is 8.35. The van der Waals surface area contributed by atoms with E-state index in [2.05, 4.69) is 10.6 Å². The van der Waals surface area contributed by atoms with Crippen molar-refractivity contribution in [3.8, 4) is 0 Å². The number of aryl methyl sites for hydroxylation is 1. The van der Waals surface area contributed by atoms with Crippen LogP contribution in [0.4, 0.5) is 11.4 Å². The summed E-state index contributed by atoms with van der Waals surface area (Å²) in [6.45, 7) is 6.33. The molecule has 0 unspecified atom stereocenters. The fourth-order valence-electron chi connectivity index (χ4n) is 2.12. The van der Waals surface area contributed by atoms with Gasteiger partial charge in [0.2, 0.25) is 11.8 Å². The Labute approximate surface area is 151 Å². The Morgan fingerprint density at radius 1 is 1.08 bits per heavy atom. The minimum Gasteiger partial charge on any atom is -0.330 e.